The molecule has 0 radical (unpaired) electrons. The number of carbonyl (C=O) groups excluding carboxylic acids is 1. The fourth-order valence-electron chi connectivity index (χ4n) is 2.06. The maximum absolute atomic E-state index is 12.4. The summed E-state index contributed by atoms with van der Waals surface area (Å²) in [5.74, 6) is 0.716. The summed E-state index contributed by atoms with van der Waals surface area (Å²) in [5, 5.41) is 2.90. The Balaban J connectivity index is 2.31. The third kappa shape index (κ3) is 2.74. The molecule has 0 saturated carbocycles. The number of amides is 1. The zero-order valence-electron chi connectivity index (χ0n) is 12.6. The zero-order valence-corrected chi connectivity index (χ0v) is 12.6. The SMILES string of the molecule is Cc1nc(C(C)C)c(C(=O)Nc2cccc(C)c2C)o1. The monoisotopic (exact) mass is 272 g/mol. The lowest BCUT2D eigenvalue weighted by Crippen LogP contribution is -2.14. The Morgan fingerprint density at radius 3 is 2.60 bits per heavy atom. The van der Waals surface area contributed by atoms with Crippen LogP contribution in [0.3, 0.4) is 0 Å². The lowest BCUT2D eigenvalue weighted by molar-refractivity contribution is 0.0993. The normalized spacial score (nSPS) is 10.9. The average molecular weight is 272 g/mol. The van der Waals surface area contributed by atoms with Crippen LogP contribution >= 0.6 is 0 Å². The molecule has 0 aliphatic rings. The summed E-state index contributed by atoms with van der Waals surface area (Å²) >= 11 is 0. The van der Waals surface area contributed by atoms with Gasteiger partial charge in [0, 0.05) is 12.6 Å². The minimum absolute atomic E-state index is 0.145. The summed E-state index contributed by atoms with van der Waals surface area (Å²) in [7, 11) is 0. The van der Waals surface area contributed by atoms with E-state index in [4.69, 9.17) is 4.42 Å². The van der Waals surface area contributed by atoms with E-state index < -0.39 is 0 Å². The number of hydrogen-bond donors (Lipinski definition) is 1. The van der Waals surface area contributed by atoms with Crippen molar-refractivity contribution in [3.63, 3.8) is 0 Å². The van der Waals surface area contributed by atoms with Gasteiger partial charge in [0.25, 0.3) is 5.91 Å². The molecule has 1 aromatic carbocycles. The van der Waals surface area contributed by atoms with Crippen LogP contribution in [0.4, 0.5) is 5.69 Å². The Morgan fingerprint density at radius 1 is 1.25 bits per heavy atom. The molecule has 4 nitrogen and oxygen atoms in total. The van der Waals surface area contributed by atoms with Crippen LogP contribution in [0, 0.1) is 20.8 Å². The predicted molar refractivity (Wildman–Crippen MR) is 79.2 cm³/mol. The van der Waals surface area contributed by atoms with Gasteiger partial charge in [-0.1, -0.05) is 26.0 Å². The van der Waals surface area contributed by atoms with Crippen molar-refractivity contribution >= 4 is 11.6 Å². The maximum atomic E-state index is 12.4. The van der Waals surface area contributed by atoms with Gasteiger partial charge < -0.3 is 9.73 Å². The molecule has 1 heterocycles. The molecule has 106 valence electrons. The van der Waals surface area contributed by atoms with Crippen molar-refractivity contribution in [2.75, 3.05) is 5.32 Å². The van der Waals surface area contributed by atoms with Crippen molar-refractivity contribution < 1.29 is 9.21 Å². The Labute approximate surface area is 119 Å². The number of carbonyl (C=O) groups is 1. The minimum Gasteiger partial charge on any atom is -0.436 e. The standard InChI is InChI=1S/C16H20N2O2/c1-9(2)14-15(20-12(5)17-14)16(19)18-13-8-6-7-10(3)11(13)4/h6-9H,1-5H3,(H,18,19). The second kappa shape index (κ2) is 5.49. The minimum atomic E-state index is -0.247. The Kier molecular flexibility index (Phi) is 3.93. The van der Waals surface area contributed by atoms with Crippen LogP contribution < -0.4 is 5.32 Å². The summed E-state index contributed by atoms with van der Waals surface area (Å²) in [4.78, 5) is 16.7. The smallest absolute Gasteiger partial charge is 0.293 e. The van der Waals surface area contributed by atoms with Gasteiger partial charge in [-0.25, -0.2) is 4.98 Å². The van der Waals surface area contributed by atoms with E-state index in [0.717, 1.165) is 16.8 Å². The first-order valence-electron chi connectivity index (χ1n) is 6.75. The van der Waals surface area contributed by atoms with Gasteiger partial charge >= 0.3 is 0 Å². The molecule has 2 aromatic rings. The Bertz CT molecular complexity index is 642. The number of aromatic nitrogens is 1. The Morgan fingerprint density at radius 2 is 1.95 bits per heavy atom. The van der Waals surface area contributed by atoms with Crippen molar-refractivity contribution in [1.29, 1.82) is 0 Å². The quantitative estimate of drug-likeness (QED) is 0.919. The lowest BCUT2D eigenvalue weighted by Gasteiger charge is -2.10. The second-order valence-corrected chi connectivity index (χ2v) is 5.30. The zero-order chi connectivity index (χ0) is 14.9. The largest absolute Gasteiger partial charge is 0.436 e. The average Bonchev–Trinajstić information content (AvgIpc) is 2.77. The number of oxazole rings is 1. The van der Waals surface area contributed by atoms with Crippen LogP contribution in [-0.2, 0) is 0 Å². The lowest BCUT2D eigenvalue weighted by atomic mass is 10.1. The highest BCUT2D eigenvalue weighted by Gasteiger charge is 2.21. The molecule has 0 unspecified atom stereocenters. The van der Waals surface area contributed by atoms with Gasteiger partial charge in [-0.2, -0.15) is 0 Å². The second-order valence-electron chi connectivity index (χ2n) is 5.30. The van der Waals surface area contributed by atoms with Crippen LogP contribution in [0.1, 0.15) is 53.0 Å². The molecule has 0 saturated heterocycles. The van der Waals surface area contributed by atoms with E-state index in [0.29, 0.717) is 17.3 Å². The van der Waals surface area contributed by atoms with Gasteiger partial charge in [-0.05, 0) is 37.0 Å². The van der Waals surface area contributed by atoms with Crippen LogP contribution in [0.2, 0.25) is 0 Å². The molecule has 20 heavy (non-hydrogen) atoms. The van der Waals surface area contributed by atoms with E-state index in [1.807, 2.05) is 45.9 Å². The number of nitrogens with zero attached hydrogens (tertiary/aromatic N) is 1. The van der Waals surface area contributed by atoms with Gasteiger partial charge in [-0.15, -0.1) is 0 Å². The van der Waals surface area contributed by atoms with E-state index in [2.05, 4.69) is 10.3 Å². The van der Waals surface area contributed by atoms with Crippen molar-refractivity contribution in [2.45, 2.75) is 40.5 Å². The molecule has 0 fully saturated rings. The first kappa shape index (κ1) is 14.3. The first-order chi connectivity index (χ1) is 9.40. The molecule has 0 bridgehead atoms. The number of anilines is 1. The van der Waals surface area contributed by atoms with Gasteiger partial charge in [-0.3, -0.25) is 4.79 Å². The highest BCUT2D eigenvalue weighted by Crippen LogP contribution is 2.23. The van der Waals surface area contributed by atoms with Gasteiger partial charge in [0.1, 0.15) is 0 Å². The molecule has 4 heteroatoms. The molecule has 0 spiro atoms. The molecule has 0 atom stereocenters. The van der Waals surface area contributed by atoms with E-state index >= 15 is 0 Å². The number of nitrogens with one attached hydrogen (secondary N) is 1. The summed E-state index contributed by atoms with van der Waals surface area (Å²) in [6.07, 6.45) is 0. The summed E-state index contributed by atoms with van der Waals surface area (Å²) in [6.45, 7) is 9.74. The molecular weight excluding hydrogens is 252 g/mol. The van der Waals surface area contributed by atoms with Crippen molar-refractivity contribution in [3.8, 4) is 0 Å². The molecule has 1 N–H and O–H groups in total. The first-order valence-corrected chi connectivity index (χ1v) is 6.75. The fourth-order valence-corrected chi connectivity index (χ4v) is 2.06. The highest BCUT2D eigenvalue weighted by atomic mass is 16.4. The van der Waals surface area contributed by atoms with Crippen molar-refractivity contribution in [3.05, 3.63) is 46.7 Å². The van der Waals surface area contributed by atoms with Gasteiger partial charge in [0.15, 0.2) is 5.89 Å². The summed E-state index contributed by atoms with van der Waals surface area (Å²) < 4.78 is 5.46. The third-order valence-electron chi connectivity index (χ3n) is 3.37. The topological polar surface area (TPSA) is 55.1 Å². The van der Waals surface area contributed by atoms with E-state index in [1.54, 1.807) is 6.92 Å². The van der Waals surface area contributed by atoms with Crippen molar-refractivity contribution in [2.24, 2.45) is 0 Å². The van der Waals surface area contributed by atoms with E-state index in [-0.39, 0.29) is 11.8 Å². The van der Waals surface area contributed by atoms with E-state index in [1.165, 1.54) is 0 Å². The van der Waals surface area contributed by atoms with Gasteiger partial charge in [0.05, 0.1) is 5.69 Å². The van der Waals surface area contributed by atoms with Crippen LogP contribution in [-0.4, -0.2) is 10.9 Å². The highest BCUT2D eigenvalue weighted by molar-refractivity contribution is 6.03. The van der Waals surface area contributed by atoms with E-state index in [9.17, 15) is 4.79 Å². The molecule has 2 rings (SSSR count). The van der Waals surface area contributed by atoms with Crippen LogP contribution in [0.15, 0.2) is 22.6 Å². The van der Waals surface area contributed by atoms with Gasteiger partial charge in [0.2, 0.25) is 5.76 Å². The molecule has 0 aliphatic carbocycles. The molecule has 1 amide bonds. The number of rotatable bonds is 3. The van der Waals surface area contributed by atoms with Crippen LogP contribution in [0.5, 0.6) is 0 Å². The maximum Gasteiger partial charge on any atom is 0.293 e. The molecular formula is C16H20N2O2. The number of benzene rings is 1. The summed E-state index contributed by atoms with van der Waals surface area (Å²) in [5.41, 5.74) is 3.70. The Hall–Kier alpha value is -2.10. The third-order valence-corrected chi connectivity index (χ3v) is 3.37. The molecule has 0 aliphatic heterocycles. The fraction of sp³-hybridized carbons (Fsp3) is 0.375. The number of aryl methyl sites for hydroxylation is 2. The number of hydrogen-bond acceptors (Lipinski definition) is 3. The molecule has 1 aromatic heterocycles. The predicted octanol–water partition coefficient (Wildman–Crippen LogP) is 3.98. The van der Waals surface area contributed by atoms with Crippen molar-refractivity contribution in [1.82, 2.24) is 4.98 Å². The van der Waals surface area contributed by atoms with Crippen LogP contribution in [0.25, 0.3) is 0 Å². The summed E-state index contributed by atoms with van der Waals surface area (Å²) in [6, 6.07) is 5.83.